The summed E-state index contributed by atoms with van der Waals surface area (Å²) in [4.78, 5) is 13.0. The highest BCUT2D eigenvalue weighted by atomic mass is 32.2. The Kier molecular flexibility index (Phi) is 4.25. The summed E-state index contributed by atoms with van der Waals surface area (Å²) in [5.74, 6) is -0.0925. The Hall–Kier alpha value is -2.08. The Morgan fingerprint density at radius 2 is 2.00 bits per heavy atom. The highest BCUT2D eigenvalue weighted by Gasteiger charge is 2.31. The average Bonchev–Trinajstić information content (AvgIpc) is 2.84. The number of hydrogen-bond donors (Lipinski definition) is 1. The minimum atomic E-state index is -3.25. The number of sulfone groups is 1. The molecule has 0 aliphatic carbocycles. The number of hydrogen-bond acceptors (Lipinski definition) is 3. The summed E-state index contributed by atoms with van der Waals surface area (Å²) >= 11 is 0. The second-order valence-electron chi connectivity index (χ2n) is 6.20. The lowest BCUT2D eigenvalue weighted by Crippen LogP contribution is -2.34. The summed E-state index contributed by atoms with van der Waals surface area (Å²) in [6, 6.07) is 8.54. The first-order chi connectivity index (χ1) is 11.3. The number of benzene rings is 1. The molecular formula is C18H22N2O3S. The van der Waals surface area contributed by atoms with Crippen molar-refractivity contribution in [3.05, 3.63) is 52.8 Å². The number of carbonyl (C=O) groups excluding carboxylic acids is 1. The number of rotatable bonds is 3. The van der Waals surface area contributed by atoms with Gasteiger partial charge in [-0.3, -0.25) is 4.79 Å². The summed E-state index contributed by atoms with van der Waals surface area (Å²) in [6.45, 7) is 6.78. The zero-order valence-corrected chi connectivity index (χ0v) is 15.0. The Bertz CT molecular complexity index is 897. The number of nitrogens with zero attached hydrogens (tertiary/aromatic N) is 1. The van der Waals surface area contributed by atoms with Crippen LogP contribution in [0.15, 0.2) is 35.2 Å². The first-order valence-electron chi connectivity index (χ1n) is 8.14. The molecule has 1 aromatic heterocycles. The van der Waals surface area contributed by atoms with Crippen LogP contribution in [0, 0.1) is 13.8 Å². The fourth-order valence-corrected chi connectivity index (χ4v) is 5.11. The maximum absolute atomic E-state index is 12.7. The smallest absolute Gasteiger partial charge is 0.253 e. The van der Waals surface area contributed by atoms with Crippen LogP contribution in [-0.2, 0) is 16.4 Å². The van der Waals surface area contributed by atoms with Crippen molar-refractivity contribution < 1.29 is 13.2 Å². The van der Waals surface area contributed by atoms with Crippen LogP contribution in [0.1, 0.15) is 46.7 Å². The van der Waals surface area contributed by atoms with Gasteiger partial charge in [-0.1, -0.05) is 18.2 Å². The van der Waals surface area contributed by atoms with Crippen molar-refractivity contribution in [2.24, 2.45) is 0 Å². The van der Waals surface area contributed by atoms with E-state index in [2.05, 4.69) is 9.88 Å². The summed E-state index contributed by atoms with van der Waals surface area (Å²) in [5, 5.41) is 3.02. The van der Waals surface area contributed by atoms with Crippen LogP contribution < -0.4 is 5.32 Å². The van der Waals surface area contributed by atoms with E-state index >= 15 is 0 Å². The monoisotopic (exact) mass is 346 g/mol. The SMILES string of the molecule is CCn1c(C)cc(C(=O)N[C@H]2CCS(=O)(=O)c3ccccc32)c1C. The summed E-state index contributed by atoms with van der Waals surface area (Å²) in [6.07, 6.45) is 0.400. The van der Waals surface area contributed by atoms with Crippen LogP contribution in [0.2, 0.25) is 0 Å². The highest BCUT2D eigenvalue weighted by molar-refractivity contribution is 7.91. The van der Waals surface area contributed by atoms with Gasteiger partial charge in [0.05, 0.1) is 22.3 Å². The zero-order chi connectivity index (χ0) is 17.5. The quantitative estimate of drug-likeness (QED) is 0.929. The van der Waals surface area contributed by atoms with Gasteiger partial charge in [-0.05, 0) is 44.9 Å². The van der Waals surface area contributed by atoms with E-state index in [0.717, 1.165) is 17.9 Å². The molecule has 0 bridgehead atoms. The van der Waals surface area contributed by atoms with Gasteiger partial charge in [-0.25, -0.2) is 8.42 Å². The average molecular weight is 346 g/mol. The fourth-order valence-electron chi connectivity index (χ4n) is 3.49. The molecule has 1 N–H and O–H groups in total. The lowest BCUT2D eigenvalue weighted by Gasteiger charge is -2.26. The van der Waals surface area contributed by atoms with Crippen LogP contribution in [0.25, 0.3) is 0 Å². The zero-order valence-electron chi connectivity index (χ0n) is 14.2. The second kappa shape index (κ2) is 6.09. The predicted octanol–water partition coefficient (Wildman–Crippen LogP) is 2.77. The van der Waals surface area contributed by atoms with Crippen LogP contribution in [0.5, 0.6) is 0 Å². The molecule has 128 valence electrons. The van der Waals surface area contributed by atoms with E-state index in [9.17, 15) is 13.2 Å². The van der Waals surface area contributed by atoms with Gasteiger partial charge in [0, 0.05) is 17.9 Å². The molecule has 5 nitrogen and oxygen atoms in total. The maximum atomic E-state index is 12.7. The summed E-state index contributed by atoms with van der Waals surface area (Å²) in [7, 11) is -3.25. The largest absolute Gasteiger partial charge is 0.349 e. The van der Waals surface area contributed by atoms with Crippen LogP contribution in [0.3, 0.4) is 0 Å². The molecule has 24 heavy (non-hydrogen) atoms. The fraction of sp³-hybridized carbons (Fsp3) is 0.389. The molecule has 2 heterocycles. The van der Waals surface area contributed by atoms with E-state index in [1.165, 1.54) is 0 Å². The van der Waals surface area contributed by atoms with Crippen molar-refractivity contribution >= 4 is 15.7 Å². The van der Waals surface area contributed by atoms with E-state index in [-0.39, 0.29) is 17.7 Å². The highest BCUT2D eigenvalue weighted by Crippen LogP contribution is 2.32. The van der Waals surface area contributed by atoms with Gasteiger partial charge in [-0.2, -0.15) is 0 Å². The molecule has 1 aromatic carbocycles. The minimum Gasteiger partial charge on any atom is -0.349 e. The predicted molar refractivity (Wildman–Crippen MR) is 92.9 cm³/mol. The first-order valence-corrected chi connectivity index (χ1v) is 9.79. The molecule has 6 heteroatoms. The molecule has 1 amide bonds. The van der Waals surface area contributed by atoms with Crippen LogP contribution in [0.4, 0.5) is 0 Å². The molecule has 0 saturated heterocycles. The molecule has 0 saturated carbocycles. The molecule has 1 atom stereocenters. The van der Waals surface area contributed by atoms with Crippen molar-refractivity contribution in [3.63, 3.8) is 0 Å². The molecule has 0 spiro atoms. The Morgan fingerprint density at radius 3 is 2.67 bits per heavy atom. The van der Waals surface area contributed by atoms with E-state index < -0.39 is 9.84 Å². The number of nitrogens with one attached hydrogen (secondary N) is 1. The molecule has 2 aromatic rings. The third-order valence-corrected chi connectivity index (χ3v) is 6.56. The number of amides is 1. The van der Waals surface area contributed by atoms with Gasteiger partial charge in [-0.15, -0.1) is 0 Å². The lowest BCUT2D eigenvalue weighted by atomic mass is 10.0. The Labute approximate surface area is 142 Å². The van der Waals surface area contributed by atoms with E-state index in [4.69, 9.17) is 0 Å². The van der Waals surface area contributed by atoms with E-state index in [1.807, 2.05) is 32.9 Å². The van der Waals surface area contributed by atoms with Crippen molar-refractivity contribution in [3.8, 4) is 0 Å². The summed E-state index contributed by atoms with van der Waals surface area (Å²) in [5.41, 5.74) is 3.32. The van der Waals surface area contributed by atoms with Crippen LogP contribution in [-0.4, -0.2) is 24.6 Å². The molecule has 1 aliphatic rings. The third kappa shape index (κ3) is 2.75. The molecule has 1 aliphatic heterocycles. The van der Waals surface area contributed by atoms with Gasteiger partial charge < -0.3 is 9.88 Å². The molecule has 0 radical (unpaired) electrons. The number of fused-ring (bicyclic) bond motifs is 1. The second-order valence-corrected chi connectivity index (χ2v) is 8.28. The number of carbonyl (C=O) groups is 1. The Balaban J connectivity index is 1.91. The van der Waals surface area contributed by atoms with Gasteiger partial charge >= 0.3 is 0 Å². The molecule has 3 rings (SSSR count). The van der Waals surface area contributed by atoms with E-state index in [1.54, 1.807) is 18.2 Å². The minimum absolute atomic E-state index is 0.0585. The molecular weight excluding hydrogens is 324 g/mol. The standard InChI is InChI=1S/C18H22N2O3S/c1-4-20-12(2)11-15(13(20)3)18(21)19-16-9-10-24(22,23)17-8-6-5-7-14(16)17/h5-8,11,16H,4,9-10H2,1-3H3,(H,19,21)/t16-/m0/s1. The van der Waals surface area contributed by atoms with Crippen molar-refractivity contribution in [2.45, 2.75) is 44.7 Å². The van der Waals surface area contributed by atoms with Gasteiger partial charge in [0.25, 0.3) is 5.91 Å². The number of aromatic nitrogens is 1. The molecule has 0 fully saturated rings. The normalized spacial score (nSPS) is 18.9. The van der Waals surface area contributed by atoms with Gasteiger partial charge in [0.1, 0.15) is 0 Å². The topological polar surface area (TPSA) is 68.2 Å². The van der Waals surface area contributed by atoms with Crippen LogP contribution >= 0.6 is 0 Å². The van der Waals surface area contributed by atoms with Gasteiger partial charge in [0.2, 0.25) is 0 Å². The lowest BCUT2D eigenvalue weighted by molar-refractivity contribution is 0.0934. The maximum Gasteiger partial charge on any atom is 0.253 e. The Morgan fingerprint density at radius 1 is 1.29 bits per heavy atom. The number of aryl methyl sites for hydroxylation is 1. The first kappa shape index (κ1) is 16.8. The van der Waals surface area contributed by atoms with E-state index in [0.29, 0.717) is 22.4 Å². The van der Waals surface area contributed by atoms with Gasteiger partial charge in [0.15, 0.2) is 9.84 Å². The van der Waals surface area contributed by atoms with Crippen molar-refractivity contribution in [1.29, 1.82) is 0 Å². The third-order valence-electron chi connectivity index (χ3n) is 4.74. The van der Waals surface area contributed by atoms with Crippen molar-refractivity contribution in [1.82, 2.24) is 9.88 Å². The van der Waals surface area contributed by atoms with Crippen molar-refractivity contribution in [2.75, 3.05) is 5.75 Å². The summed E-state index contributed by atoms with van der Waals surface area (Å²) < 4.78 is 26.5. The molecule has 0 unspecified atom stereocenters.